The van der Waals surface area contributed by atoms with Gasteiger partial charge in [-0.15, -0.1) is 0 Å². The third-order valence-electron chi connectivity index (χ3n) is 10.3. The maximum absolute atomic E-state index is 9.77. The van der Waals surface area contributed by atoms with Crippen LogP contribution in [0.15, 0.2) is 165 Å². The summed E-state index contributed by atoms with van der Waals surface area (Å²) < 4.78 is 0. The Morgan fingerprint density at radius 2 is 0.923 bits per heavy atom. The Balaban J connectivity index is 1.40. The molecule has 1 atom stereocenters. The number of nitriles is 2. The van der Waals surface area contributed by atoms with E-state index in [1.54, 1.807) is 0 Å². The van der Waals surface area contributed by atoms with Gasteiger partial charge in [-0.2, -0.15) is 10.5 Å². The van der Waals surface area contributed by atoms with Crippen LogP contribution >= 0.6 is 23.5 Å². The summed E-state index contributed by atoms with van der Waals surface area (Å²) in [6, 6.07) is 55.7. The van der Waals surface area contributed by atoms with Crippen molar-refractivity contribution in [3.63, 3.8) is 0 Å². The van der Waals surface area contributed by atoms with Gasteiger partial charge in [0.05, 0.1) is 57.4 Å². The normalized spacial score (nSPS) is 14.6. The number of anilines is 6. The molecule has 7 aromatic carbocycles. The van der Waals surface area contributed by atoms with E-state index in [1.165, 1.54) is 36.4 Å². The molecule has 3 aliphatic rings. The van der Waals surface area contributed by atoms with Crippen molar-refractivity contribution >= 4 is 57.6 Å². The molecule has 0 saturated heterocycles. The Morgan fingerprint density at radius 1 is 0.481 bits per heavy atom. The van der Waals surface area contributed by atoms with E-state index in [4.69, 9.17) is 0 Å². The minimum absolute atomic E-state index is 0.0198. The molecule has 0 saturated carbocycles. The summed E-state index contributed by atoms with van der Waals surface area (Å²) in [6.45, 7) is 2.35. The fourth-order valence-electron chi connectivity index (χ4n) is 7.97. The van der Waals surface area contributed by atoms with Crippen molar-refractivity contribution in [2.45, 2.75) is 32.4 Å². The highest BCUT2D eigenvalue weighted by atomic mass is 32.2. The summed E-state index contributed by atoms with van der Waals surface area (Å²) in [7, 11) is 0. The molecule has 52 heavy (non-hydrogen) atoms. The molecule has 0 aromatic heterocycles. The van der Waals surface area contributed by atoms with Crippen LogP contribution < -0.4 is 9.80 Å². The van der Waals surface area contributed by atoms with E-state index in [9.17, 15) is 10.5 Å². The number of hydrogen-bond donors (Lipinski definition) is 0. The predicted octanol–water partition coefficient (Wildman–Crippen LogP) is 13.1. The highest BCUT2D eigenvalue weighted by Gasteiger charge is 2.41. The molecule has 3 aliphatic heterocycles. The lowest BCUT2D eigenvalue weighted by molar-refractivity contribution is 0.876. The molecule has 1 unspecified atom stereocenters. The van der Waals surface area contributed by atoms with Crippen LogP contribution in [-0.2, 0) is 0 Å². The minimum atomic E-state index is 0.0198. The van der Waals surface area contributed by atoms with Crippen molar-refractivity contribution in [3.05, 3.63) is 168 Å². The fraction of sp³-hybridized carbons (Fsp3) is 0.0435. The first-order valence-corrected chi connectivity index (χ1v) is 18.8. The number of fused-ring (bicyclic) bond motifs is 6. The third kappa shape index (κ3) is 4.55. The van der Waals surface area contributed by atoms with Gasteiger partial charge in [-0.3, -0.25) is 0 Å². The molecule has 0 radical (unpaired) electrons. The monoisotopic (exact) mass is 700 g/mol. The van der Waals surface area contributed by atoms with E-state index in [0.29, 0.717) is 11.1 Å². The van der Waals surface area contributed by atoms with Crippen molar-refractivity contribution in [2.24, 2.45) is 0 Å². The number of para-hydroxylation sites is 4. The quantitative estimate of drug-likeness (QED) is 0.183. The van der Waals surface area contributed by atoms with Crippen LogP contribution in [0.25, 0.3) is 22.3 Å². The van der Waals surface area contributed by atoms with Crippen molar-refractivity contribution < 1.29 is 0 Å². The van der Waals surface area contributed by atoms with E-state index < -0.39 is 0 Å². The first-order valence-electron chi connectivity index (χ1n) is 17.2. The lowest BCUT2D eigenvalue weighted by Gasteiger charge is -2.45. The molecular formula is C46H28N4S2. The molecule has 3 heterocycles. The van der Waals surface area contributed by atoms with Gasteiger partial charge < -0.3 is 9.80 Å². The van der Waals surface area contributed by atoms with Crippen LogP contribution in [0.5, 0.6) is 0 Å². The minimum Gasteiger partial charge on any atom is -0.307 e. The largest absolute Gasteiger partial charge is 0.307 e. The number of benzene rings is 7. The van der Waals surface area contributed by atoms with Gasteiger partial charge >= 0.3 is 0 Å². The fourth-order valence-corrected chi connectivity index (χ4v) is 10.1. The zero-order valence-electron chi connectivity index (χ0n) is 28.0. The van der Waals surface area contributed by atoms with E-state index in [1.807, 2.05) is 47.8 Å². The lowest BCUT2D eigenvalue weighted by atomic mass is 9.79. The Morgan fingerprint density at radius 3 is 1.44 bits per heavy atom. The van der Waals surface area contributed by atoms with Gasteiger partial charge in [0, 0.05) is 42.2 Å². The average Bonchev–Trinajstić information content (AvgIpc) is 3.20. The number of nitrogens with zero attached hydrogens (tertiary/aromatic N) is 4. The topological polar surface area (TPSA) is 54.1 Å². The molecule has 244 valence electrons. The summed E-state index contributed by atoms with van der Waals surface area (Å²) in [6.07, 6.45) is 0. The smallest absolute Gasteiger partial charge is 0.0991 e. The zero-order valence-corrected chi connectivity index (χ0v) is 29.7. The van der Waals surface area contributed by atoms with Crippen LogP contribution in [0.3, 0.4) is 0 Å². The Kier molecular flexibility index (Phi) is 7.05. The Labute approximate surface area is 311 Å². The van der Waals surface area contributed by atoms with Crippen LogP contribution in [0, 0.1) is 22.7 Å². The molecule has 0 N–H and O–H groups in total. The molecule has 10 rings (SSSR count). The van der Waals surface area contributed by atoms with Gasteiger partial charge in [-0.25, -0.2) is 0 Å². The van der Waals surface area contributed by atoms with Gasteiger partial charge in [0.25, 0.3) is 0 Å². The van der Waals surface area contributed by atoms with Gasteiger partial charge in [-0.1, -0.05) is 103 Å². The maximum atomic E-state index is 9.77. The standard InChI is InChI=1S/C46H28N4S2/c1-28-33-9-8-16-42-44(33)50(38-12-4-7-15-41(38)52-42)46-35(32-23-19-30(27-48)20-24-32)25-34(31-21-17-29(26-47)18-22-31)45(43(28)46)49-36-10-2-5-13-39(36)51-40-14-6-3-11-37(40)49/h2-25,28H,1H3. The first kappa shape index (κ1) is 30.6. The van der Waals surface area contributed by atoms with Crippen LogP contribution in [0.1, 0.15) is 35.1 Å². The van der Waals surface area contributed by atoms with E-state index in [0.717, 1.165) is 50.7 Å². The molecular weight excluding hydrogens is 673 g/mol. The summed E-state index contributed by atoms with van der Waals surface area (Å²) >= 11 is 3.64. The number of rotatable bonds is 3. The summed E-state index contributed by atoms with van der Waals surface area (Å²) in [5, 5.41) is 19.5. The van der Waals surface area contributed by atoms with Crippen molar-refractivity contribution in [2.75, 3.05) is 9.80 Å². The summed E-state index contributed by atoms with van der Waals surface area (Å²) in [4.78, 5) is 9.82. The van der Waals surface area contributed by atoms with Gasteiger partial charge in [0.2, 0.25) is 0 Å². The lowest BCUT2D eigenvalue weighted by Crippen LogP contribution is -2.27. The van der Waals surface area contributed by atoms with Crippen molar-refractivity contribution in [1.82, 2.24) is 0 Å². The highest BCUT2D eigenvalue weighted by molar-refractivity contribution is 8.00. The molecule has 0 fully saturated rings. The third-order valence-corrected chi connectivity index (χ3v) is 12.6. The molecule has 4 nitrogen and oxygen atoms in total. The van der Waals surface area contributed by atoms with Gasteiger partial charge in [0.15, 0.2) is 0 Å². The zero-order chi connectivity index (χ0) is 34.9. The highest BCUT2D eigenvalue weighted by Crippen LogP contribution is 2.65. The summed E-state index contributed by atoms with van der Waals surface area (Å²) in [5.41, 5.74) is 14.9. The molecule has 0 bridgehead atoms. The molecule has 6 heteroatoms. The second kappa shape index (κ2) is 12.0. The molecule has 0 spiro atoms. The molecule has 7 aromatic rings. The SMILES string of the molecule is CC1c2cccc3c2N(c2ccccc2S3)c2c(-c3ccc(C#N)cc3)cc(-c3ccc(C#N)cc3)c(N3c4ccccc4Sc4ccccc43)c21. The van der Waals surface area contributed by atoms with Crippen molar-refractivity contribution in [3.8, 4) is 34.4 Å². The summed E-state index contributed by atoms with van der Waals surface area (Å²) in [5.74, 6) is 0.0198. The van der Waals surface area contributed by atoms with Gasteiger partial charge in [-0.05, 0) is 89.5 Å². The second-order valence-electron chi connectivity index (χ2n) is 13.2. The Hall–Kier alpha value is -6.18. The van der Waals surface area contributed by atoms with Crippen LogP contribution in [0.4, 0.5) is 34.1 Å². The number of hydrogen-bond acceptors (Lipinski definition) is 6. The van der Waals surface area contributed by atoms with E-state index in [2.05, 4.69) is 150 Å². The second-order valence-corrected chi connectivity index (χ2v) is 15.3. The first-order chi connectivity index (χ1) is 25.6. The molecule has 0 amide bonds. The Bertz CT molecular complexity index is 2640. The van der Waals surface area contributed by atoms with E-state index in [-0.39, 0.29) is 5.92 Å². The van der Waals surface area contributed by atoms with E-state index >= 15 is 0 Å². The maximum Gasteiger partial charge on any atom is 0.0991 e. The van der Waals surface area contributed by atoms with Crippen molar-refractivity contribution in [1.29, 1.82) is 10.5 Å². The molecule has 0 aliphatic carbocycles. The average molecular weight is 701 g/mol. The predicted molar refractivity (Wildman–Crippen MR) is 212 cm³/mol. The van der Waals surface area contributed by atoms with Crippen LogP contribution in [-0.4, -0.2) is 0 Å². The van der Waals surface area contributed by atoms with Crippen LogP contribution in [0.2, 0.25) is 0 Å². The van der Waals surface area contributed by atoms with Gasteiger partial charge in [0.1, 0.15) is 0 Å².